The number of fused-ring (bicyclic) bond motifs is 1. The molecule has 0 aliphatic carbocycles. The third kappa shape index (κ3) is 1.63. The van der Waals surface area contributed by atoms with Crippen molar-refractivity contribution in [3.05, 3.63) is 51.8 Å². The number of nitrogens with one attached hydrogen (secondary N) is 1. The van der Waals surface area contributed by atoms with Crippen molar-refractivity contribution in [3.63, 3.8) is 0 Å². The number of nitriles is 2. The van der Waals surface area contributed by atoms with E-state index in [-0.39, 0.29) is 22.6 Å². The lowest BCUT2D eigenvalue weighted by Gasteiger charge is -2.05. The molecule has 3 aromatic rings. The van der Waals surface area contributed by atoms with Crippen LogP contribution in [0.25, 0.3) is 16.6 Å². The SMILES string of the molecule is N#Cc1c(-c2ccccc2)c2c(N)c(C#N)c(=O)[nH]n2c1N. The largest absolute Gasteiger partial charge is 0.396 e. The van der Waals surface area contributed by atoms with Gasteiger partial charge in [0.1, 0.15) is 29.1 Å². The Balaban J connectivity index is 2.60. The fraction of sp³-hybridized carbons (Fsp3) is 0. The van der Waals surface area contributed by atoms with Crippen LogP contribution < -0.4 is 17.0 Å². The van der Waals surface area contributed by atoms with Crippen molar-refractivity contribution in [2.75, 3.05) is 11.5 Å². The molecule has 0 spiro atoms. The molecule has 0 atom stereocenters. The van der Waals surface area contributed by atoms with Gasteiger partial charge in [-0.25, -0.2) is 4.52 Å². The van der Waals surface area contributed by atoms with Gasteiger partial charge < -0.3 is 11.5 Å². The maximum Gasteiger partial charge on any atom is 0.283 e. The van der Waals surface area contributed by atoms with Crippen LogP contribution in [0.1, 0.15) is 11.1 Å². The fourth-order valence-electron chi connectivity index (χ4n) is 2.47. The molecule has 7 nitrogen and oxygen atoms in total. The zero-order chi connectivity index (χ0) is 15.9. The number of hydrogen-bond acceptors (Lipinski definition) is 5. The van der Waals surface area contributed by atoms with Crippen LogP contribution in [-0.4, -0.2) is 9.61 Å². The van der Waals surface area contributed by atoms with Crippen molar-refractivity contribution >= 4 is 17.0 Å². The molecule has 2 heterocycles. The molecule has 5 N–H and O–H groups in total. The Hall–Kier alpha value is -3.71. The highest BCUT2D eigenvalue weighted by Crippen LogP contribution is 2.36. The van der Waals surface area contributed by atoms with Crippen molar-refractivity contribution in [2.24, 2.45) is 0 Å². The van der Waals surface area contributed by atoms with Crippen molar-refractivity contribution in [1.29, 1.82) is 10.5 Å². The summed E-state index contributed by atoms with van der Waals surface area (Å²) in [6.45, 7) is 0. The third-order valence-electron chi connectivity index (χ3n) is 3.46. The van der Waals surface area contributed by atoms with Crippen LogP contribution in [0, 0.1) is 22.7 Å². The molecular weight excluding hydrogens is 280 g/mol. The lowest BCUT2D eigenvalue weighted by Crippen LogP contribution is -2.18. The zero-order valence-corrected chi connectivity index (χ0v) is 11.3. The van der Waals surface area contributed by atoms with E-state index < -0.39 is 5.56 Å². The van der Waals surface area contributed by atoms with Crippen LogP contribution in [0.4, 0.5) is 11.5 Å². The smallest absolute Gasteiger partial charge is 0.283 e. The molecule has 0 aliphatic rings. The third-order valence-corrected chi connectivity index (χ3v) is 3.46. The molecule has 0 unspecified atom stereocenters. The van der Waals surface area contributed by atoms with Gasteiger partial charge >= 0.3 is 0 Å². The zero-order valence-electron chi connectivity index (χ0n) is 11.3. The fourth-order valence-corrected chi connectivity index (χ4v) is 2.47. The summed E-state index contributed by atoms with van der Waals surface area (Å²) >= 11 is 0. The molecule has 0 bridgehead atoms. The number of nitrogens with two attached hydrogens (primary N) is 2. The average molecular weight is 290 g/mol. The Morgan fingerprint density at radius 1 is 1.05 bits per heavy atom. The van der Waals surface area contributed by atoms with Gasteiger partial charge in [-0.2, -0.15) is 10.5 Å². The topological polar surface area (TPSA) is 137 Å². The lowest BCUT2D eigenvalue weighted by atomic mass is 10.0. The Kier molecular flexibility index (Phi) is 2.83. The summed E-state index contributed by atoms with van der Waals surface area (Å²) in [7, 11) is 0. The van der Waals surface area contributed by atoms with E-state index in [4.69, 9.17) is 16.7 Å². The molecule has 0 amide bonds. The first-order chi connectivity index (χ1) is 10.6. The predicted octanol–water partition coefficient (Wildman–Crippen LogP) is 1.20. The molecule has 22 heavy (non-hydrogen) atoms. The average Bonchev–Trinajstić information content (AvgIpc) is 2.81. The van der Waals surface area contributed by atoms with Crippen molar-refractivity contribution in [3.8, 4) is 23.3 Å². The molecule has 2 aromatic heterocycles. The van der Waals surface area contributed by atoms with Gasteiger partial charge in [-0.15, -0.1) is 0 Å². The second-order valence-corrected chi connectivity index (χ2v) is 4.64. The van der Waals surface area contributed by atoms with Crippen LogP contribution >= 0.6 is 0 Å². The first kappa shape index (κ1) is 13.3. The van der Waals surface area contributed by atoms with E-state index in [1.807, 2.05) is 24.3 Å². The molecule has 0 saturated heterocycles. The number of aromatic nitrogens is 2. The van der Waals surface area contributed by atoms with E-state index in [0.29, 0.717) is 11.1 Å². The molecule has 0 radical (unpaired) electrons. The molecule has 7 heteroatoms. The highest BCUT2D eigenvalue weighted by atomic mass is 16.1. The van der Waals surface area contributed by atoms with Gasteiger partial charge in [-0.05, 0) is 5.56 Å². The van der Waals surface area contributed by atoms with Gasteiger partial charge in [0.25, 0.3) is 5.56 Å². The number of aromatic amines is 1. The van der Waals surface area contributed by atoms with Crippen LogP contribution in [0.2, 0.25) is 0 Å². The second kappa shape index (κ2) is 4.69. The number of nitrogens with zero attached hydrogens (tertiary/aromatic N) is 3. The standard InChI is InChI=1S/C15H10N6O/c16-6-9-11(8-4-2-1-3-5-8)13-12(18)10(7-17)15(22)20-21(13)14(9)19/h1-5H,18-19H2,(H,20,22). The monoisotopic (exact) mass is 290 g/mol. The van der Waals surface area contributed by atoms with Crippen molar-refractivity contribution in [2.45, 2.75) is 0 Å². The number of nitrogen functional groups attached to an aromatic ring is 2. The van der Waals surface area contributed by atoms with Gasteiger partial charge in [0.15, 0.2) is 0 Å². The van der Waals surface area contributed by atoms with E-state index in [0.717, 1.165) is 5.56 Å². The van der Waals surface area contributed by atoms with E-state index in [1.54, 1.807) is 18.2 Å². The molecule has 0 aliphatic heterocycles. The number of hydrogen-bond donors (Lipinski definition) is 3. The Labute approximate surface area is 124 Å². The first-order valence-electron chi connectivity index (χ1n) is 6.31. The summed E-state index contributed by atoms with van der Waals surface area (Å²) < 4.78 is 1.25. The Bertz CT molecular complexity index is 1030. The van der Waals surface area contributed by atoms with Crippen molar-refractivity contribution in [1.82, 2.24) is 9.61 Å². The summed E-state index contributed by atoms with van der Waals surface area (Å²) in [6, 6.07) is 12.9. The van der Waals surface area contributed by atoms with Crippen LogP contribution in [0.5, 0.6) is 0 Å². The maximum absolute atomic E-state index is 11.9. The minimum Gasteiger partial charge on any atom is -0.396 e. The van der Waals surface area contributed by atoms with Gasteiger partial charge in [0.2, 0.25) is 0 Å². The minimum atomic E-state index is -0.654. The predicted molar refractivity (Wildman–Crippen MR) is 81.7 cm³/mol. The second-order valence-electron chi connectivity index (χ2n) is 4.64. The van der Waals surface area contributed by atoms with Gasteiger partial charge in [-0.3, -0.25) is 9.89 Å². The van der Waals surface area contributed by atoms with Gasteiger partial charge in [-0.1, -0.05) is 30.3 Å². The molecule has 106 valence electrons. The van der Waals surface area contributed by atoms with E-state index >= 15 is 0 Å². The van der Waals surface area contributed by atoms with Gasteiger partial charge in [0, 0.05) is 5.56 Å². The van der Waals surface area contributed by atoms with Gasteiger partial charge in [0.05, 0.1) is 11.2 Å². The highest BCUT2D eigenvalue weighted by molar-refractivity contribution is 5.97. The quantitative estimate of drug-likeness (QED) is 0.618. The highest BCUT2D eigenvalue weighted by Gasteiger charge is 2.22. The summed E-state index contributed by atoms with van der Waals surface area (Å²) in [6.07, 6.45) is 0. The Morgan fingerprint density at radius 3 is 2.27 bits per heavy atom. The number of rotatable bonds is 1. The summed E-state index contributed by atoms with van der Waals surface area (Å²) in [4.78, 5) is 11.9. The molecule has 0 fully saturated rings. The van der Waals surface area contributed by atoms with Crippen LogP contribution in [0.15, 0.2) is 35.1 Å². The molecule has 3 rings (SSSR count). The summed E-state index contributed by atoms with van der Waals surface area (Å²) in [5.41, 5.74) is 12.8. The van der Waals surface area contributed by atoms with E-state index in [1.165, 1.54) is 4.52 Å². The minimum absolute atomic E-state index is 0.00157. The van der Waals surface area contributed by atoms with Crippen molar-refractivity contribution < 1.29 is 0 Å². The summed E-state index contributed by atoms with van der Waals surface area (Å²) in [5.74, 6) is 0.0737. The first-order valence-corrected chi connectivity index (χ1v) is 6.31. The summed E-state index contributed by atoms with van der Waals surface area (Å²) in [5, 5.41) is 21.0. The molecule has 1 aromatic carbocycles. The number of H-pyrrole nitrogens is 1. The van der Waals surface area contributed by atoms with E-state index in [9.17, 15) is 10.1 Å². The molecule has 0 saturated carbocycles. The lowest BCUT2D eigenvalue weighted by molar-refractivity contribution is 0.916. The van der Waals surface area contributed by atoms with Crippen LogP contribution in [-0.2, 0) is 0 Å². The number of benzene rings is 1. The number of anilines is 2. The maximum atomic E-state index is 11.9. The normalized spacial score (nSPS) is 10.3. The van der Waals surface area contributed by atoms with E-state index in [2.05, 4.69) is 5.10 Å². The van der Waals surface area contributed by atoms with Crippen LogP contribution in [0.3, 0.4) is 0 Å². The molecular formula is C15H10N6O. The Morgan fingerprint density at radius 2 is 1.68 bits per heavy atom.